The first-order chi connectivity index (χ1) is 17.6. The molecule has 1 fully saturated rings. The highest BCUT2D eigenvalue weighted by Gasteiger charge is 2.42. The quantitative estimate of drug-likeness (QED) is 0.464. The number of carboxylic acid groups (broad SMARTS) is 1. The number of hydrogen-bond acceptors (Lipinski definition) is 8. The van der Waals surface area contributed by atoms with Gasteiger partial charge in [-0.05, 0) is 25.0 Å². The van der Waals surface area contributed by atoms with Gasteiger partial charge in [0, 0.05) is 53.3 Å². The number of halogens is 4. The Labute approximate surface area is 219 Å². The first-order valence-electron chi connectivity index (χ1n) is 11.4. The Morgan fingerprint density at radius 1 is 1.38 bits per heavy atom. The first-order valence-corrected chi connectivity index (χ1v) is 12.7. The van der Waals surface area contributed by atoms with Gasteiger partial charge in [-0.25, -0.2) is 22.9 Å². The smallest absolute Gasteiger partial charge is 0.338 e. The van der Waals surface area contributed by atoms with Gasteiger partial charge in [-0.3, -0.25) is 14.7 Å². The standard InChI is InChI=1S/C24H24ClF3N4O4S/c1-36-23(35)19-17(11-32-12-24(27,28)7-6-14(32)3-5-18(33)34)30-21(22-29-8-9-37-22)31-20(19)15-4-2-13(26)10-16(15)25/h2,4,8-10,14,20H,3,5-7,11-12H2,1H3,(H,30,31)(H,33,34)/t14-,20+/m1/s1. The fourth-order valence-electron chi connectivity index (χ4n) is 4.54. The minimum atomic E-state index is -2.98. The molecule has 2 aliphatic heterocycles. The summed E-state index contributed by atoms with van der Waals surface area (Å²) in [4.78, 5) is 34.6. The number of aliphatic carboxylic acids is 1. The van der Waals surface area contributed by atoms with Crippen molar-refractivity contribution < 1.29 is 32.6 Å². The predicted molar refractivity (Wildman–Crippen MR) is 131 cm³/mol. The molecule has 0 radical (unpaired) electrons. The number of carbonyl (C=O) groups is 2. The van der Waals surface area contributed by atoms with Crippen molar-refractivity contribution in [3.05, 3.63) is 62.5 Å². The third kappa shape index (κ3) is 6.31. The number of thiazole rings is 1. The Kier molecular flexibility index (Phi) is 8.20. The van der Waals surface area contributed by atoms with Crippen LogP contribution < -0.4 is 5.32 Å². The summed E-state index contributed by atoms with van der Waals surface area (Å²) in [7, 11) is 1.18. The molecule has 2 aromatic rings. The van der Waals surface area contributed by atoms with E-state index in [9.17, 15) is 22.8 Å². The second-order valence-electron chi connectivity index (χ2n) is 8.78. The lowest BCUT2D eigenvalue weighted by Gasteiger charge is -2.41. The molecule has 0 amide bonds. The fraction of sp³-hybridized carbons (Fsp3) is 0.417. The number of nitrogens with one attached hydrogen (secondary N) is 1. The van der Waals surface area contributed by atoms with E-state index in [1.54, 1.807) is 11.6 Å². The van der Waals surface area contributed by atoms with E-state index in [0.29, 0.717) is 10.6 Å². The lowest BCUT2D eigenvalue weighted by molar-refractivity contribution is -0.138. The fourth-order valence-corrected chi connectivity index (χ4v) is 5.40. The van der Waals surface area contributed by atoms with Crippen molar-refractivity contribution >= 4 is 40.7 Å². The van der Waals surface area contributed by atoms with Gasteiger partial charge in [-0.15, -0.1) is 11.3 Å². The number of hydrogen-bond donors (Lipinski definition) is 2. The number of nitrogens with zero attached hydrogens (tertiary/aromatic N) is 3. The van der Waals surface area contributed by atoms with Crippen LogP contribution in [-0.2, 0) is 14.3 Å². The van der Waals surface area contributed by atoms with Crippen molar-refractivity contribution in [3.63, 3.8) is 0 Å². The molecule has 0 aliphatic carbocycles. The molecule has 2 atom stereocenters. The molecule has 37 heavy (non-hydrogen) atoms. The summed E-state index contributed by atoms with van der Waals surface area (Å²) in [5, 5.41) is 14.4. The number of carbonyl (C=O) groups excluding carboxylic acids is 1. The van der Waals surface area contributed by atoms with Gasteiger partial charge in [0.1, 0.15) is 11.9 Å². The molecule has 13 heteroatoms. The van der Waals surface area contributed by atoms with Crippen LogP contribution in [0.1, 0.15) is 42.3 Å². The van der Waals surface area contributed by atoms with Gasteiger partial charge >= 0.3 is 11.9 Å². The van der Waals surface area contributed by atoms with Gasteiger partial charge in [-0.2, -0.15) is 0 Å². The molecular formula is C24H24ClF3N4O4S. The van der Waals surface area contributed by atoms with Crippen molar-refractivity contribution in [2.24, 2.45) is 4.99 Å². The zero-order chi connectivity index (χ0) is 26.7. The SMILES string of the molecule is COC(=O)C1=C(CN2CC(F)(F)CC[C@H]2CCC(=O)O)NC(c2nccs2)=N[C@H]1c1ccc(F)cc1Cl. The molecule has 0 saturated carbocycles. The maximum Gasteiger partial charge on any atom is 0.338 e. The second-order valence-corrected chi connectivity index (χ2v) is 10.1. The number of alkyl halides is 2. The van der Waals surface area contributed by atoms with E-state index in [4.69, 9.17) is 21.4 Å². The number of likely N-dealkylation sites (tertiary alicyclic amines) is 1. The number of ether oxygens (including phenoxy) is 1. The zero-order valence-corrected chi connectivity index (χ0v) is 21.3. The van der Waals surface area contributed by atoms with Gasteiger partial charge in [0.25, 0.3) is 5.92 Å². The van der Waals surface area contributed by atoms with Crippen LogP contribution in [0.3, 0.4) is 0 Å². The Morgan fingerprint density at radius 2 is 2.16 bits per heavy atom. The molecule has 1 saturated heterocycles. The van der Waals surface area contributed by atoms with Crippen molar-refractivity contribution in [2.45, 2.75) is 43.7 Å². The summed E-state index contributed by atoms with van der Waals surface area (Å²) in [6.45, 7) is -0.743. The third-order valence-electron chi connectivity index (χ3n) is 6.27. The van der Waals surface area contributed by atoms with E-state index in [0.717, 1.165) is 6.07 Å². The second kappa shape index (κ2) is 11.2. The molecule has 0 bridgehead atoms. The molecule has 3 heterocycles. The highest BCUT2D eigenvalue weighted by Crippen LogP contribution is 2.38. The highest BCUT2D eigenvalue weighted by atomic mass is 35.5. The highest BCUT2D eigenvalue weighted by molar-refractivity contribution is 7.11. The largest absolute Gasteiger partial charge is 0.481 e. The Balaban J connectivity index is 1.79. The monoisotopic (exact) mass is 556 g/mol. The maximum atomic E-state index is 14.5. The summed E-state index contributed by atoms with van der Waals surface area (Å²) >= 11 is 7.61. The summed E-state index contributed by atoms with van der Waals surface area (Å²) in [6.07, 6.45) is 1.30. The molecule has 198 valence electrons. The third-order valence-corrected chi connectivity index (χ3v) is 7.38. The molecule has 8 nitrogen and oxygen atoms in total. The maximum absolute atomic E-state index is 14.5. The van der Waals surface area contributed by atoms with Crippen LogP contribution in [0, 0.1) is 5.82 Å². The van der Waals surface area contributed by atoms with Gasteiger partial charge in [0.2, 0.25) is 0 Å². The number of methoxy groups -OCH3 is 1. The normalized spacial score (nSPS) is 21.8. The van der Waals surface area contributed by atoms with E-state index >= 15 is 0 Å². The Morgan fingerprint density at radius 3 is 2.81 bits per heavy atom. The summed E-state index contributed by atoms with van der Waals surface area (Å²) in [5.41, 5.74) is 0.598. The average Bonchev–Trinajstić information content (AvgIpc) is 3.37. The van der Waals surface area contributed by atoms with Crippen LogP contribution in [0.15, 0.2) is 46.0 Å². The predicted octanol–water partition coefficient (Wildman–Crippen LogP) is 4.42. The van der Waals surface area contributed by atoms with E-state index in [1.165, 1.54) is 35.5 Å². The van der Waals surface area contributed by atoms with Crippen LogP contribution in [0.25, 0.3) is 0 Å². The minimum Gasteiger partial charge on any atom is -0.481 e. The van der Waals surface area contributed by atoms with E-state index in [1.807, 2.05) is 0 Å². The van der Waals surface area contributed by atoms with Gasteiger partial charge < -0.3 is 15.2 Å². The van der Waals surface area contributed by atoms with E-state index in [2.05, 4.69) is 15.3 Å². The van der Waals surface area contributed by atoms with Crippen molar-refractivity contribution in [1.29, 1.82) is 0 Å². The first kappa shape index (κ1) is 27.1. The van der Waals surface area contributed by atoms with Crippen LogP contribution in [-0.4, -0.2) is 64.9 Å². The Bertz CT molecular complexity index is 1240. The number of amidine groups is 1. The van der Waals surface area contributed by atoms with Gasteiger partial charge in [0.05, 0.1) is 19.2 Å². The molecule has 4 rings (SSSR count). The van der Waals surface area contributed by atoms with Crippen LogP contribution >= 0.6 is 22.9 Å². The number of benzene rings is 1. The number of carboxylic acids is 1. The number of piperidine rings is 1. The molecule has 0 unspecified atom stereocenters. The summed E-state index contributed by atoms with van der Waals surface area (Å²) in [5.74, 6) is -5.06. The minimum absolute atomic E-state index is 0.0266. The van der Waals surface area contributed by atoms with Crippen molar-refractivity contribution in [1.82, 2.24) is 15.2 Å². The van der Waals surface area contributed by atoms with Crippen LogP contribution in [0.2, 0.25) is 5.02 Å². The lowest BCUT2D eigenvalue weighted by atomic mass is 9.92. The average molecular weight is 557 g/mol. The van der Waals surface area contributed by atoms with Crippen LogP contribution in [0.4, 0.5) is 13.2 Å². The lowest BCUT2D eigenvalue weighted by Crippen LogP contribution is -2.51. The van der Waals surface area contributed by atoms with Gasteiger partial charge in [0.15, 0.2) is 10.8 Å². The van der Waals surface area contributed by atoms with E-state index < -0.39 is 42.3 Å². The zero-order valence-electron chi connectivity index (χ0n) is 19.7. The molecular weight excluding hydrogens is 533 g/mol. The number of aliphatic imine (C=N–C) groups is 1. The molecule has 1 aromatic carbocycles. The molecule has 0 spiro atoms. The van der Waals surface area contributed by atoms with Crippen molar-refractivity contribution in [3.8, 4) is 0 Å². The molecule has 2 N–H and O–H groups in total. The number of rotatable bonds is 8. The van der Waals surface area contributed by atoms with E-state index in [-0.39, 0.29) is 54.4 Å². The summed E-state index contributed by atoms with van der Waals surface area (Å²) < 4.78 is 47.7. The molecule has 2 aliphatic rings. The topological polar surface area (TPSA) is 104 Å². The number of aromatic nitrogens is 1. The Hall–Kier alpha value is -2.96. The number of esters is 1. The molecule has 1 aromatic heterocycles. The van der Waals surface area contributed by atoms with Crippen LogP contribution in [0.5, 0.6) is 0 Å². The van der Waals surface area contributed by atoms with Crippen molar-refractivity contribution in [2.75, 3.05) is 20.2 Å². The van der Waals surface area contributed by atoms with Gasteiger partial charge in [-0.1, -0.05) is 17.7 Å². The summed E-state index contributed by atoms with van der Waals surface area (Å²) in [6, 6.07) is 2.21.